The van der Waals surface area contributed by atoms with Crippen LogP contribution in [-0.4, -0.2) is 5.16 Å². The molecule has 4 aliphatic carbocycles. The summed E-state index contributed by atoms with van der Waals surface area (Å²) in [6, 6.07) is 0. The molecule has 0 aliphatic heterocycles. The van der Waals surface area contributed by atoms with Gasteiger partial charge in [0, 0.05) is 11.0 Å². The first-order valence-corrected chi connectivity index (χ1v) is 8.28. The Morgan fingerprint density at radius 3 is 2.55 bits per heavy atom. The van der Waals surface area contributed by atoms with Crippen LogP contribution >= 0.6 is 0 Å². The highest BCUT2D eigenvalue weighted by Crippen LogP contribution is 2.66. The lowest BCUT2D eigenvalue weighted by Crippen LogP contribution is -2.53. The quantitative estimate of drug-likeness (QED) is 0.904. The molecule has 0 aromatic carbocycles. The third-order valence-electron chi connectivity index (χ3n) is 6.15. The average molecular weight is 274 g/mol. The molecule has 20 heavy (non-hydrogen) atoms. The van der Waals surface area contributed by atoms with Gasteiger partial charge >= 0.3 is 0 Å². The highest BCUT2D eigenvalue weighted by atomic mass is 16.5. The van der Waals surface area contributed by atoms with E-state index in [0.717, 1.165) is 30.4 Å². The van der Waals surface area contributed by atoms with E-state index >= 15 is 0 Å². The molecule has 2 atom stereocenters. The first kappa shape index (κ1) is 12.7. The zero-order valence-electron chi connectivity index (χ0n) is 12.7. The van der Waals surface area contributed by atoms with E-state index in [9.17, 15) is 0 Å². The zero-order chi connectivity index (χ0) is 14.0. The highest BCUT2D eigenvalue weighted by molar-refractivity contribution is 5.44. The van der Waals surface area contributed by atoms with Gasteiger partial charge < -0.3 is 10.3 Å². The summed E-state index contributed by atoms with van der Waals surface area (Å²) in [5, 5.41) is 4.12. The Hall–Kier alpha value is -0.990. The van der Waals surface area contributed by atoms with Gasteiger partial charge in [-0.3, -0.25) is 0 Å². The summed E-state index contributed by atoms with van der Waals surface area (Å²) in [7, 11) is 0. The molecule has 3 heteroatoms. The molecule has 1 heterocycles. The molecular formula is C17H26N2O. The van der Waals surface area contributed by atoms with Crippen LogP contribution in [0.15, 0.2) is 4.52 Å². The van der Waals surface area contributed by atoms with E-state index < -0.39 is 0 Å². The van der Waals surface area contributed by atoms with Gasteiger partial charge in [-0.25, -0.2) is 0 Å². The molecule has 0 spiro atoms. The average Bonchev–Trinajstić information content (AvgIpc) is 2.69. The highest BCUT2D eigenvalue weighted by Gasteiger charge is 2.58. The van der Waals surface area contributed by atoms with Crippen LogP contribution < -0.4 is 5.73 Å². The fourth-order valence-electron chi connectivity index (χ4n) is 6.22. The molecule has 0 radical (unpaired) electrons. The summed E-state index contributed by atoms with van der Waals surface area (Å²) < 4.78 is 5.80. The summed E-state index contributed by atoms with van der Waals surface area (Å²) in [4.78, 5) is 0. The lowest BCUT2D eigenvalue weighted by atomic mass is 9.44. The second kappa shape index (κ2) is 4.02. The predicted octanol–water partition coefficient (Wildman–Crippen LogP) is 4.07. The second-order valence-corrected chi connectivity index (χ2v) is 8.18. The maximum Gasteiger partial charge on any atom is 0.170 e. The molecule has 0 amide bonds. The van der Waals surface area contributed by atoms with Crippen LogP contribution in [0.25, 0.3) is 0 Å². The Morgan fingerprint density at radius 2 is 1.95 bits per heavy atom. The van der Waals surface area contributed by atoms with Crippen molar-refractivity contribution in [1.29, 1.82) is 0 Å². The summed E-state index contributed by atoms with van der Waals surface area (Å²) in [5.41, 5.74) is 8.09. The number of nitrogen functional groups attached to an aromatic ring is 1. The van der Waals surface area contributed by atoms with Crippen LogP contribution in [0.1, 0.15) is 70.1 Å². The fraction of sp³-hybridized carbons (Fsp3) is 0.824. The Labute approximate surface area is 121 Å². The van der Waals surface area contributed by atoms with Crippen LogP contribution in [-0.2, 0) is 11.8 Å². The van der Waals surface area contributed by atoms with Crippen LogP contribution in [0.2, 0.25) is 0 Å². The zero-order valence-corrected chi connectivity index (χ0v) is 12.7. The molecule has 1 aromatic rings. The Balaban J connectivity index is 1.78. The molecule has 5 rings (SSSR count). The Kier molecular flexibility index (Phi) is 2.56. The lowest BCUT2D eigenvalue weighted by Gasteiger charge is -2.60. The molecule has 4 saturated carbocycles. The molecule has 4 bridgehead atoms. The summed E-state index contributed by atoms with van der Waals surface area (Å²) >= 11 is 0. The van der Waals surface area contributed by atoms with Crippen LogP contribution in [0.5, 0.6) is 0 Å². The summed E-state index contributed by atoms with van der Waals surface area (Å²) in [6.07, 6.45) is 10.3. The molecule has 4 aliphatic rings. The molecule has 110 valence electrons. The molecule has 2 N–H and O–H groups in total. The van der Waals surface area contributed by atoms with Gasteiger partial charge in [-0.05, 0) is 62.2 Å². The van der Waals surface area contributed by atoms with Gasteiger partial charge in [-0.2, -0.15) is 0 Å². The van der Waals surface area contributed by atoms with Crippen molar-refractivity contribution in [2.45, 2.75) is 70.6 Å². The molecule has 3 nitrogen and oxygen atoms in total. The van der Waals surface area contributed by atoms with Gasteiger partial charge in [0.25, 0.3) is 0 Å². The van der Waals surface area contributed by atoms with E-state index in [1.165, 1.54) is 44.1 Å². The van der Waals surface area contributed by atoms with E-state index in [1.807, 2.05) is 0 Å². The van der Waals surface area contributed by atoms with Gasteiger partial charge in [0.2, 0.25) is 0 Å². The molecule has 2 unspecified atom stereocenters. The summed E-state index contributed by atoms with van der Waals surface area (Å²) in [5.74, 6) is 3.61. The Bertz CT molecular complexity index is 519. The van der Waals surface area contributed by atoms with Gasteiger partial charge in [0.15, 0.2) is 5.82 Å². The monoisotopic (exact) mass is 274 g/mol. The van der Waals surface area contributed by atoms with E-state index in [-0.39, 0.29) is 5.41 Å². The number of hydrogen-bond acceptors (Lipinski definition) is 3. The van der Waals surface area contributed by atoms with Crippen molar-refractivity contribution < 1.29 is 4.52 Å². The molecule has 1 aromatic heterocycles. The van der Waals surface area contributed by atoms with Gasteiger partial charge in [0.05, 0.1) is 0 Å². The van der Waals surface area contributed by atoms with Crippen LogP contribution in [0, 0.1) is 17.3 Å². The van der Waals surface area contributed by atoms with Crippen LogP contribution in [0.4, 0.5) is 5.82 Å². The SMILES string of the molecule is CCCc1c(N)noc1C12CC3CC(CC(C)(C3)C1)C2. The maximum absolute atomic E-state index is 6.07. The number of aromatic nitrogens is 1. The van der Waals surface area contributed by atoms with E-state index in [1.54, 1.807) is 0 Å². The van der Waals surface area contributed by atoms with E-state index in [2.05, 4.69) is 19.0 Å². The van der Waals surface area contributed by atoms with Crippen molar-refractivity contribution in [3.05, 3.63) is 11.3 Å². The van der Waals surface area contributed by atoms with Crippen molar-refractivity contribution in [1.82, 2.24) is 5.16 Å². The third kappa shape index (κ3) is 1.68. The van der Waals surface area contributed by atoms with Gasteiger partial charge in [-0.15, -0.1) is 0 Å². The fourth-order valence-corrected chi connectivity index (χ4v) is 6.22. The largest absolute Gasteiger partial charge is 0.381 e. The first-order chi connectivity index (χ1) is 9.54. The van der Waals surface area contributed by atoms with E-state index in [0.29, 0.717) is 11.2 Å². The van der Waals surface area contributed by atoms with E-state index in [4.69, 9.17) is 10.3 Å². The standard InChI is InChI=1S/C17H26N2O/c1-3-4-13-14(20-19-15(13)18)17-8-11-5-12(9-17)7-16(2,6-11)10-17/h11-12H,3-10H2,1-2H3,(H2,18,19). The number of nitrogens with two attached hydrogens (primary N) is 1. The van der Waals surface area contributed by atoms with Crippen molar-refractivity contribution in [2.75, 3.05) is 5.73 Å². The van der Waals surface area contributed by atoms with Crippen molar-refractivity contribution in [3.63, 3.8) is 0 Å². The maximum atomic E-state index is 6.07. The Morgan fingerprint density at radius 1 is 1.25 bits per heavy atom. The first-order valence-electron chi connectivity index (χ1n) is 8.28. The molecule has 0 saturated heterocycles. The minimum Gasteiger partial charge on any atom is -0.381 e. The summed E-state index contributed by atoms with van der Waals surface area (Å²) in [6.45, 7) is 4.70. The third-order valence-corrected chi connectivity index (χ3v) is 6.15. The van der Waals surface area contributed by atoms with Gasteiger partial charge in [0.1, 0.15) is 5.76 Å². The smallest absolute Gasteiger partial charge is 0.170 e. The number of rotatable bonds is 3. The number of hydrogen-bond donors (Lipinski definition) is 1. The minimum absolute atomic E-state index is 0.258. The lowest BCUT2D eigenvalue weighted by molar-refractivity contribution is -0.0708. The van der Waals surface area contributed by atoms with Gasteiger partial charge in [-0.1, -0.05) is 25.4 Å². The van der Waals surface area contributed by atoms with Crippen molar-refractivity contribution in [2.24, 2.45) is 17.3 Å². The number of nitrogens with zero attached hydrogens (tertiary/aromatic N) is 1. The molecular weight excluding hydrogens is 248 g/mol. The normalized spacial score (nSPS) is 42.3. The predicted molar refractivity (Wildman–Crippen MR) is 79.4 cm³/mol. The minimum atomic E-state index is 0.258. The second-order valence-electron chi connectivity index (χ2n) is 8.18. The van der Waals surface area contributed by atoms with Crippen LogP contribution in [0.3, 0.4) is 0 Å². The number of anilines is 1. The van der Waals surface area contributed by atoms with Crippen molar-refractivity contribution in [3.8, 4) is 0 Å². The molecule has 4 fully saturated rings. The van der Waals surface area contributed by atoms with Crippen molar-refractivity contribution >= 4 is 5.82 Å². The topological polar surface area (TPSA) is 52.0 Å².